The van der Waals surface area contributed by atoms with Gasteiger partial charge in [-0.1, -0.05) is 6.07 Å². The van der Waals surface area contributed by atoms with Gasteiger partial charge in [-0.25, -0.2) is 4.98 Å². The summed E-state index contributed by atoms with van der Waals surface area (Å²) in [6, 6.07) is 3.94. The van der Waals surface area contributed by atoms with Crippen molar-refractivity contribution in [2.24, 2.45) is 0 Å². The predicted octanol–water partition coefficient (Wildman–Crippen LogP) is 2.98. The van der Waals surface area contributed by atoms with Crippen molar-refractivity contribution in [3.63, 3.8) is 0 Å². The highest BCUT2D eigenvalue weighted by Gasteiger charge is 2.12. The molecule has 2 aromatic rings. The summed E-state index contributed by atoms with van der Waals surface area (Å²) in [5, 5.41) is 7.63. The zero-order chi connectivity index (χ0) is 14.6. The third-order valence-electron chi connectivity index (χ3n) is 2.81. The largest absolute Gasteiger partial charge is 0.435 e. The van der Waals surface area contributed by atoms with Gasteiger partial charge in [-0.2, -0.15) is 5.10 Å². The lowest BCUT2D eigenvalue weighted by Crippen LogP contribution is -2.35. The van der Waals surface area contributed by atoms with Gasteiger partial charge in [0.05, 0.1) is 12.4 Å². The molecule has 2 aromatic heterocycles. The first-order chi connectivity index (χ1) is 9.48. The fourth-order valence-corrected chi connectivity index (χ4v) is 1.69. The van der Waals surface area contributed by atoms with E-state index in [1.807, 2.05) is 29.9 Å². The van der Waals surface area contributed by atoms with Gasteiger partial charge in [0, 0.05) is 30.4 Å². The highest BCUT2D eigenvalue weighted by atomic mass is 16.5. The van der Waals surface area contributed by atoms with E-state index in [1.165, 1.54) is 0 Å². The maximum Gasteiger partial charge on any atom is 0.223 e. The van der Waals surface area contributed by atoms with Crippen molar-refractivity contribution in [1.29, 1.82) is 0 Å². The number of nitrogens with zero attached hydrogens (tertiary/aromatic N) is 3. The second-order valence-corrected chi connectivity index (χ2v) is 5.71. The van der Waals surface area contributed by atoms with E-state index in [-0.39, 0.29) is 5.54 Å². The van der Waals surface area contributed by atoms with E-state index in [4.69, 9.17) is 4.74 Å². The smallest absolute Gasteiger partial charge is 0.223 e. The van der Waals surface area contributed by atoms with Gasteiger partial charge in [0.15, 0.2) is 5.75 Å². The highest BCUT2D eigenvalue weighted by Crippen LogP contribution is 2.22. The molecule has 0 aromatic carbocycles. The van der Waals surface area contributed by atoms with Crippen LogP contribution < -0.4 is 10.1 Å². The van der Waals surface area contributed by atoms with Crippen molar-refractivity contribution in [3.8, 4) is 11.6 Å². The number of nitrogens with one attached hydrogen (secondary N) is 1. The van der Waals surface area contributed by atoms with E-state index in [1.54, 1.807) is 12.4 Å². The van der Waals surface area contributed by atoms with E-state index in [2.05, 4.69) is 36.2 Å². The van der Waals surface area contributed by atoms with Gasteiger partial charge in [-0.3, -0.25) is 4.68 Å². The zero-order valence-corrected chi connectivity index (χ0v) is 12.6. The molecular weight excluding hydrogens is 252 g/mol. The first kappa shape index (κ1) is 14.5. The number of aromatic nitrogens is 3. The molecule has 0 saturated carbocycles. The first-order valence-corrected chi connectivity index (χ1v) is 6.87. The van der Waals surface area contributed by atoms with Crippen molar-refractivity contribution in [3.05, 3.63) is 36.3 Å². The number of pyridine rings is 1. The molecule has 0 unspecified atom stereocenters. The van der Waals surface area contributed by atoms with Gasteiger partial charge in [-0.15, -0.1) is 0 Å². The molecule has 0 aliphatic rings. The van der Waals surface area contributed by atoms with Gasteiger partial charge >= 0.3 is 0 Å². The minimum absolute atomic E-state index is 0.0558. The number of hydrogen-bond acceptors (Lipinski definition) is 4. The van der Waals surface area contributed by atoms with Crippen LogP contribution in [0.3, 0.4) is 0 Å². The van der Waals surface area contributed by atoms with E-state index in [0.29, 0.717) is 18.2 Å². The van der Waals surface area contributed by atoms with Crippen LogP contribution in [-0.2, 0) is 13.1 Å². The van der Waals surface area contributed by atoms with Crippen LogP contribution in [-0.4, -0.2) is 20.3 Å². The van der Waals surface area contributed by atoms with Crippen LogP contribution in [0.1, 0.15) is 33.3 Å². The summed E-state index contributed by atoms with van der Waals surface area (Å²) in [6.45, 7) is 9.98. The molecule has 0 aliphatic carbocycles. The summed E-state index contributed by atoms with van der Waals surface area (Å²) in [4.78, 5) is 4.31. The standard InChI is InChI=1S/C15H22N4O/c1-5-19-11-13(10-18-19)20-14-12(7-6-8-16-14)9-17-15(2,3)4/h6-8,10-11,17H,5,9H2,1-4H3. The molecule has 20 heavy (non-hydrogen) atoms. The minimum atomic E-state index is 0.0558. The van der Waals surface area contributed by atoms with E-state index in [9.17, 15) is 0 Å². The topological polar surface area (TPSA) is 52.0 Å². The predicted molar refractivity (Wildman–Crippen MR) is 78.8 cm³/mol. The lowest BCUT2D eigenvalue weighted by Gasteiger charge is -2.21. The monoisotopic (exact) mass is 274 g/mol. The molecule has 1 N–H and O–H groups in total. The highest BCUT2D eigenvalue weighted by molar-refractivity contribution is 5.30. The number of rotatable bonds is 5. The van der Waals surface area contributed by atoms with E-state index >= 15 is 0 Å². The molecule has 5 nitrogen and oxygen atoms in total. The van der Waals surface area contributed by atoms with Gasteiger partial charge < -0.3 is 10.1 Å². The second kappa shape index (κ2) is 6.05. The van der Waals surface area contributed by atoms with Crippen LogP contribution in [0.25, 0.3) is 0 Å². The molecule has 2 rings (SSSR count). The maximum atomic E-state index is 5.82. The molecule has 0 atom stereocenters. The quantitative estimate of drug-likeness (QED) is 0.910. The minimum Gasteiger partial charge on any atom is -0.435 e. The molecule has 0 radical (unpaired) electrons. The normalized spacial score (nSPS) is 11.6. The van der Waals surface area contributed by atoms with Crippen molar-refractivity contribution in [1.82, 2.24) is 20.1 Å². The molecule has 0 aliphatic heterocycles. The van der Waals surface area contributed by atoms with Crippen molar-refractivity contribution < 1.29 is 4.74 Å². The Kier molecular flexibility index (Phi) is 4.39. The Bertz CT molecular complexity index is 557. The van der Waals surface area contributed by atoms with E-state index < -0.39 is 0 Å². The molecule has 0 saturated heterocycles. The Labute approximate surface area is 120 Å². The van der Waals surface area contributed by atoms with Crippen LogP contribution in [0.4, 0.5) is 0 Å². The summed E-state index contributed by atoms with van der Waals surface area (Å²) in [6.07, 6.45) is 5.31. The van der Waals surface area contributed by atoms with Crippen LogP contribution in [0.2, 0.25) is 0 Å². The number of aryl methyl sites for hydroxylation is 1. The zero-order valence-electron chi connectivity index (χ0n) is 12.6. The summed E-state index contributed by atoms with van der Waals surface area (Å²) < 4.78 is 7.65. The van der Waals surface area contributed by atoms with Crippen molar-refractivity contribution in [2.45, 2.75) is 46.3 Å². The van der Waals surface area contributed by atoms with Crippen LogP contribution >= 0.6 is 0 Å². The summed E-state index contributed by atoms with van der Waals surface area (Å²) >= 11 is 0. The van der Waals surface area contributed by atoms with Crippen LogP contribution in [0.5, 0.6) is 11.6 Å². The second-order valence-electron chi connectivity index (χ2n) is 5.71. The lowest BCUT2D eigenvalue weighted by molar-refractivity contribution is 0.409. The number of hydrogen-bond donors (Lipinski definition) is 1. The Hall–Kier alpha value is -1.88. The van der Waals surface area contributed by atoms with Crippen LogP contribution in [0, 0.1) is 0 Å². The molecule has 0 bridgehead atoms. The average Bonchev–Trinajstić information content (AvgIpc) is 2.84. The van der Waals surface area contributed by atoms with E-state index in [0.717, 1.165) is 12.1 Å². The molecular formula is C15H22N4O. The van der Waals surface area contributed by atoms with Crippen LogP contribution in [0.15, 0.2) is 30.7 Å². The third-order valence-corrected chi connectivity index (χ3v) is 2.81. The lowest BCUT2D eigenvalue weighted by atomic mass is 10.1. The Morgan fingerprint density at radius 3 is 2.80 bits per heavy atom. The fraction of sp³-hybridized carbons (Fsp3) is 0.467. The maximum absolute atomic E-state index is 5.82. The Balaban J connectivity index is 2.11. The fourth-order valence-electron chi connectivity index (χ4n) is 1.69. The molecule has 5 heteroatoms. The number of ether oxygens (including phenoxy) is 1. The summed E-state index contributed by atoms with van der Waals surface area (Å²) in [7, 11) is 0. The average molecular weight is 274 g/mol. The summed E-state index contributed by atoms with van der Waals surface area (Å²) in [5.74, 6) is 1.34. The molecule has 2 heterocycles. The molecule has 0 fully saturated rings. The van der Waals surface area contributed by atoms with Gasteiger partial charge in [0.2, 0.25) is 5.88 Å². The van der Waals surface area contributed by atoms with Crippen molar-refractivity contribution >= 4 is 0 Å². The SMILES string of the molecule is CCn1cc(Oc2ncccc2CNC(C)(C)C)cn1. The Morgan fingerprint density at radius 1 is 1.35 bits per heavy atom. The van der Waals surface area contributed by atoms with Gasteiger partial charge in [0.25, 0.3) is 0 Å². The van der Waals surface area contributed by atoms with Gasteiger partial charge in [-0.05, 0) is 33.8 Å². The third kappa shape index (κ3) is 4.06. The Morgan fingerprint density at radius 2 is 2.15 bits per heavy atom. The molecule has 0 amide bonds. The van der Waals surface area contributed by atoms with Crippen molar-refractivity contribution in [2.75, 3.05) is 0 Å². The molecule has 0 spiro atoms. The van der Waals surface area contributed by atoms with Gasteiger partial charge in [0.1, 0.15) is 0 Å². The molecule has 108 valence electrons. The summed E-state index contributed by atoms with van der Waals surface area (Å²) in [5.41, 5.74) is 1.09. The first-order valence-electron chi connectivity index (χ1n) is 6.87.